The maximum atomic E-state index is 13.1. The second kappa shape index (κ2) is 8.85. The Morgan fingerprint density at radius 1 is 1.00 bits per heavy atom. The van der Waals surface area contributed by atoms with Gasteiger partial charge in [-0.1, -0.05) is 12.1 Å². The third-order valence-electron chi connectivity index (χ3n) is 4.57. The molecule has 0 saturated heterocycles. The molecule has 1 heterocycles. The Balaban J connectivity index is 1.99. The smallest absolute Gasteiger partial charge is 0.325 e. The number of rotatable bonds is 5. The number of aromatic nitrogens is 2. The molecule has 0 saturated carbocycles. The number of alkyl halides is 6. The van der Waals surface area contributed by atoms with E-state index in [4.69, 9.17) is 0 Å². The van der Waals surface area contributed by atoms with E-state index in [1.807, 2.05) is 5.32 Å². The van der Waals surface area contributed by atoms with Crippen molar-refractivity contribution in [2.24, 2.45) is 0 Å². The van der Waals surface area contributed by atoms with Gasteiger partial charge in [-0.15, -0.1) is 0 Å². The summed E-state index contributed by atoms with van der Waals surface area (Å²) in [5.74, 6) is -0.777. The number of anilines is 1. The van der Waals surface area contributed by atoms with Gasteiger partial charge >= 0.3 is 12.4 Å². The summed E-state index contributed by atoms with van der Waals surface area (Å²) in [6, 6.07) is 7.15. The SMILES string of the molecule is CN(C)Cc1nc2ccccc2c(=O)n1CC(=O)Nc1cc(C(F)(F)F)cc(C(F)(F)F)c1. The summed E-state index contributed by atoms with van der Waals surface area (Å²) in [5, 5.41) is 2.25. The van der Waals surface area contributed by atoms with Crippen LogP contribution in [0.1, 0.15) is 17.0 Å². The second-order valence-corrected chi connectivity index (χ2v) is 7.52. The number of halogens is 6. The molecule has 33 heavy (non-hydrogen) atoms. The van der Waals surface area contributed by atoms with Crippen molar-refractivity contribution in [3.8, 4) is 0 Å². The molecular weight excluding hydrogens is 454 g/mol. The lowest BCUT2D eigenvalue weighted by Gasteiger charge is -2.17. The summed E-state index contributed by atoms with van der Waals surface area (Å²) in [6.07, 6.45) is -10.1. The van der Waals surface area contributed by atoms with Gasteiger partial charge in [0.05, 0.1) is 28.6 Å². The predicted octanol–water partition coefficient (Wildman–Crippen LogP) is 4.13. The van der Waals surface area contributed by atoms with Gasteiger partial charge < -0.3 is 10.2 Å². The Morgan fingerprint density at radius 2 is 1.58 bits per heavy atom. The number of para-hydroxylation sites is 1. The number of hydrogen-bond acceptors (Lipinski definition) is 4. The third-order valence-corrected chi connectivity index (χ3v) is 4.57. The van der Waals surface area contributed by atoms with Gasteiger partial charge in [0.15, 0.2) is 0 Å². The lowest BCUT2D eigenvalue weighted by atomic mass is 10.1. The molecule has 3 rings (SSSR count). The van der Waals surface area contributed by atoms with Gasteiger partial charge in [-0.05, 0) is 44.4 Å². The van der Waals surface area contributed by atoms with Crippen LogP contribution < -0.4 is 10.9 Å². The van der Waals surface area contributed by atoms with Crippen molar-refractivity contribution in [3.63, 3.8) is 0 Å². The summed E-state index contributed by atoms with van der Waals surface area (Å²) < 4.78 is 79.4. The molecule has 0 bridgehead atoms. The Labute approximate surface area is 183 Å². The highest BCUT2D eigenvalue weighted by atomic mass is 19.4. The van der Waals surface area contributed by atoms with Crippen LogP contribution in [0.15, 0.2) is 47.3 Å². The molecule has 0 radical (unpaired) electrons. The van der Waals surface area contributed by atoms with Crippen LogP contribution in [0.2, 0.25) is 0 Å². The molecule has 0 aliphatic heterocycles. The zero-order valence-electron chi connectivity index (χ0n) is 17.4. The largest absolute Gasteiger partial charge is 0.416 e. The first-order chi connectivity index (χ1) is 15.3. The minimum Gasteiger partial charge on any atom is -0.325 e. The summed E-state index contributed by atoms with van der Waals surface area (Å²) in [6.45, 7) is -0.493. The van der Waals surface area contributed by atoms with Crippen LogP contribution in [0.3, 0.4) is 0 Å². The fraction of sp³-hybridized carbons (Fsp3) is 0.286. The first-order valence-corrected chi connectivity index (χ1v) is 9.48. The summed E-state index contributed by atoms with van der Waals surface area (Å²) in [4.78, 5) is 31.5. The van der Waals surface area contributed by atoms with Gasteiger partial charge in [-0.3, -0.25) is 14.2 Å². The summed E-state index contributed by atoms with van der Waals surface area (Å²) in [7, 11) is 3.40. The number of hydrogen-bond donors (Lipinski definition) is 1. The Hall–Kier alpha value is -3.41. The van der Waals surface area contributed by atoms with Crippen molar-refractivity contribution in [2.75, 3.05) is 19.4 Å². The highest BCUT2D eigenvalue weighted by Crippen LogP contribution is 2.37. The van der Waals surface area contributed by atoms with Gasteiger partial charge in [-0.2, -0.15) is 26.3 Å². The second-order valence-electron chi connectivity index (χ2n) is 7.52. The van der Waals surface area contributed by atoms with E-state index in [2.05, 4.69) is 4.98 Å². The number of carbonyl (C=O) groups excluding carboxylic acids is 1. The molecule has 1 N–H and O–H groups in total. The van der Waals surface area contributed by atoms with E-state index in [1.54, 1.807) is 37.2 Å². The minimum absolute atomic E-state index is 0.0391. The van der Waals surface area contributed by atoms with Crippen LogP contribution in [0.4, 0.5) is 32.0 Å². The van der Waals surface area contributed by atoms with Crippen molar-refractivity contribution >= 4 is 22.5 Å². The normalized spacial score (nSPS) is 12.4. The molecule has 2 aromatic carbocycles. The monoisotopic (exact) mass is 472 g/mol. The number of nitrogens with zero attached hydrogens (tertiary/aromatic N) is 3. The fourth-order valence-electron chi connectivity index (χ4n) is 3.15. The Bertz CT molecular complexity index is 1220. The van der Waals surface area contributed by atoms with Crippen LogP contribution >= 0.6 is 0 Å². The summed E-state index contributed by atoms with van der Waals surface area (Å²) >= 11 is 0. The van der Waals surface area contributed by atoms with E-state index in [9.17, 15) is 35.9 Å². The van der Waals surface area contributed by atoms with Crippen molar-refractivity contribution in [2.45, 2.75) is 25.4 Å². The van der Waals surface area contributed by atoms with Gasteiger partial charge in [0.25, 0.3) is 5.56 Å². The lowest BCUT2D eigenvalue weighted by molar-refractivity contribution is -0.143. The van der Waals surface area contributed by atoms with Crippen LogP contribution in [0, 0.1) is 0 Å². The van der Waals surface area contributed by atoms with E-state index in [1.165, 1.54) is 6.07 Å². The van der Waals surface area contributed by atoms with Crippen molar-refractivity contribution in [1.82, 2.24) is 14.5 Å². The number of benzene rings is 2. The molecule has 6 nitrogen and oxygen atoms in total. The molecule has 0 aliphatic carbocycles. The molecule has 0 aliphatic rings. The van der Waals surface area contributed by atoms with Gasteiger partial charge in [0, 0.05) is 5.69 Å². The number of amides is 1. The van der Waals surface area contributed by atoms with Crippen molar-refractivity contribution in [1.29, 1.82) is 0 Å². The van der Waals surface area contributed by atoms with E-state index < -0.39 is 47.2 Å². The molecule has 1 aromatic heterocycles. The topological polar surface area (TPSA) is 67.2 Å². The molecule has 0 unspecified atom stereocenters. The zero-order chi connectivity index (χ0) is 24.6. The first-order valence-electron chi connectivity index (χ1n) is 9.48. The Morgan fingerprint density at radius 3 is 2.12 bits per heavy atom. The summed E-state index contributed by atoms with van der Waals surface area (Å²) in [5.41, 5.74) is -4.00. The molecule has 0 fully saturated rings. The van der Waals surface area contributed by atoms with Crippen LogP contribution in [0.25, 0.3) is 10.9 Å². The average Bonchev–Trinajstić information content (AvgIpc) is 2.69. The average molecular weight is 472 g/mol. The first kappa shape index (κ1) is 24.2. The van der Waals surface area contributed by atoms with Crippen molar-refractivity contribution < 1.29 is 31.1 Å². The van der Waals surface area contributed by atoms with Crippen LogP contribution in [-0.4, -0.2) is 34.5 Å². The van der Waals surface area contributed by atoms with Gasteiger partial charge in [0.2, 0.25) is 5.91 Å². The van der Waals surface area contributed by atoms with E-state index in [0.717, 1.165) is 4.57 Å². The highest BCUT2D eigenvalue weighted by molar-refractivity contribution is 5.91. The zero-order valence-corrected chi connectivity index (χ0v) is 17.4. The molecule has 0 atom stereocenters. The molecule has 12 heteroatoms. The minimum atomic E-state index is -5.06. The highest BCUT2D eigenvalue weighted by Gasteiger charge is 2.37. The van der Waals surface area contributed by atoms with E-state index in [0.29, 0.717) is 17.6 Å². The molecular formula is C21H18F6N4O2. The Kier molecular flexibility index (Phi) is 6.50. The van der Waals surface area contributed by atoms with Gasteiger partial charge in [0.1, 0.15) is 12.4 Å². The third kappa shape index (κ3) is 5.69. The number of nitrogens with one attached hydrogen (secondary N) is 1. The van der Waals surface area contributed by atoms with E-state index >= 15 is 0 Å². The van der Waals surface area contributed by atoms with Crippen LogP contribution in [0.5, 0.6) is 0 Å². The van der Waals surface area contributed by atoms with Gasteiger partial charge in [-0.25, -0.2) is 4.98 Å². The van der Waals surface area contributed by atoms with E-state index in [-0.39, 0.29) is 23.8 Å². The van der Waals surface area contributed by atoms with Crippen molar-refractivity contribution in [3.05, 3.63) is 69.8 Å². The molecule has 3 aromatic rings. The quantitative estimate of drug-likeness (QED) is 0.567. The molecule has 176 valence electrons. The van der Waals surface area contributed by atoms with Crippen LogP contribution in [-0.2, 0) is 30.2 Å². The molecule has 0 spiro atoms. The fourth-order valence-corrected chi connectivity index (χ4v) is 3.15. The lowest BCUT2D eigenvalue weighted by Crippen LogP contribution is -2.33. The number of fused-ring (bicyclic) bond motifs is 1. The maximum Gasteiger partial charge on any atom is 0.416 e. The predicted molar refractivity (Wildman–Crippen MR) is 108 cm³/mol. The maximum absolute atomic E-state index is 13.1. The standard InChI is InChI=1S/C21H18F6N4O2/c1-30(2)10-17-29-16-6-4-3-5-15(16)19(33)31(17)11-18(32)28-14-8-12(20(22,23)24)7-13(9-14)21(25,26)27/h3-9H,10-11H2,1-2H3,(H,28,32). The number of carbonyl (C=O) groups is 1. The molecule has 1 amide bonds.